The Labute approximate surface area is 120 Å². The van der Waals surface area contributed by atoms with Gasteiger partial charge in [-0.1, -0.05) is 22.9 Å². The van der Waals surface area contributed by atoms with Crippen molar-refractivity contribution in [2.75, 3.05) is 5.32 Å². The van der Waals surface area contributed by atoms with Crippen LogP contribution in [-0.4, -0.2) is 17.2 Å². The van der Waals surface area contributed by atoms with Crippen molar-refractivity contribution in [3.63, 3.8) is 0 Å². The average Bonchev–Trinajstić information content (AvgIpc) is 3.16. The topological polar surface area (TPSA) is 61.4 Å². The predicted molar refractivity (Wildman–Crippen MR) is 77.3 cm³/mol. The third-order valence-electron chi connectivity index (χ3n) is 4.17. The van der Waals surface area contributed by atoms with Crippen LogP contribution < -0.4 is 10.6 Å². The third kappa shape index (κ3) is 2.43. The van der Waals surface area contributed by atoms with Crippen LogP contribution in [0.15, 0.2) is 22.7 Å². The summed E-state index contributed by atoms with van der Waals surface area (Å²) in [5, 5.41) is 15.3. The summed E-state index contributed by atoms with van der Waals surface area (Å²) < 4.78 is 0.974. The first-order chi connectivity index (χ1) is 9.06. The molecular weight excluding hydrogens is 308 g/mol. The van der Waals surface area contributed by atoms with Crippen molar-refractivity contribution in [3.05, 3.63) is 28.2 Å². The van der Waals surface area contributed by atoms with E-state index in [1.165, 1.54) is 12.8 Å². The summed E-state index contributed by atoms with van der Waals surface area (Å²) in [6.07, 6.45) is 1.53. The van der Waals surface area contributed by atoms with Gasteiger partial charge in [-0.05, 0) is 42.5 Å². The standard InChI is InChI=1S/C14H17BrN2O2/c1-7-12(8-2-3-8)16-11-5-4-9(15)6-10(11)13(7)17-14(18)19/h4-8,12-13,16-17H,2-3H2,1H3,(H,18,19)/t7-,12+,13+/m0/s1. The Balaban J connectivity index is 1.98. The Morgan fingerprint density at radius 1 is 1.47 bits per heavy atom. The lowest BCUT2D eigenvalue weighted by atomic mass is 9.82. The number of carboxylic acid groups (broad SMARTS) is 1. The highest BCUT2D eigenvalue weighted by molar-refractivity contribution is 9.10. The molecule has 0 aromatic heterocycles. The van der Waals surface area contributed by atoms with Crippen molar-refractivity contribution < 1.29 is 9.90 Å². The van der Waals surface area contributed by atoms with Crippen LogP contribution in [0, 0.1) is 11.8 Å². The molecule has 0 bridgehead atoms. The minimum Gasteiger partial charge on any atom is -0.465 e. The normalized spacial score (nSPS) is 29.3. The van der Waals surface area contributed by atoms with Gasteiger partial charge in [0.25, 0.3) is 0 Å². The fourth-order valence-electron chi connectivity index (χ4n) is 3.07. The van der Waals surface area contributed by atoms with E-state index in [4.69, 9.17) is 5.11 Å². The molecular formula is C14H17BrN2O2. The number of hydrogen-bond donors (Lipinski definition) is 3. The maximum Gasteiger partial charge on any atom is 0.405 e. The van der Waals surface area contributed by atoms with Gasteiger partial charge in [-0.2, -0.15) is 0 Å². The first-order valence-electron chi connectivity index (χ1n) is 6.61. The second kappa shape index (κ2) is 4.71. The highest BCUT2D eigenvalue weighted by Gasteiger charge is 2.42. The maximum absolute atomic E-state index is 11.1. The molecule has 102 valence electrons. The second-order valence-electron chi connectivity index (χ2n) is 5.53. The smallest absolute Gasteiger partial charge is 0.405 e. The van der Waals surface area contributed by atoms with E-state index in [0.29, 0.717) is 12.0 Å². The molecule has 1 amide bonds. The molecule has 1 saturated carbocycles. The summed E-state index contributed by atoms with van der Waals surface area (Å²) in [4.78, 5) is 11.1. The summed E-state index contributed by atoms with van der Waals surface area (Å²) in [6.45, 7) is 2.13. The van der Waals surface area contributed by atoms with Crippen molar-refractivity contribution in [1.82, 2.24) is 5.32 Å². The van der Waals surface area contributed by atoms with E-state index in [1.807, 2.05) is 18.2 Å². The molecule has 3 atom stereocenters. The molecule has 1 aliphatic carbocycles. The molecule has 2 aliphatic rings. The van der Waals surface area contributed by atoms with E-state index in [2.05, 4.69) is 33.5 Å². The van der Waals surface area contributed by atoms with Gasteiger partial charge in [0.2, 0.25) is 0 Å². The van der Waals surface area contributed by atoms with Crippen LogP contribution in [0.3, 0.4) is 0 Å². The zero-order valence-corrected chi connectivity index (χ0v) is 12.3. The minimum atomic E-state index is -0.959. The molecule has 19 heavy (non-hydrogen) atoms. The number of carbonyl (C=O) groups is 1. The molecule has 1 aromatic carbocycles. The molecule has 1 aliphatic heterocycles. The molecule has 5 heteroatoms. The van der Waals surface area contributed by atoms with E-state index >= 15 is 0 Å². The molecule has 0 saturated heterocycles. The summed E-state index contributed by atoms with van der Waals surface area (Å²) in [7, 11) is 0. The largest absolute Gasteiger partial charge is 0.465 e. The Bertz CT molecular complexity index is 516. The highest BCUT2D eigenvalue weighted by atomic mass is 79.9. The Morgan fingerprint density at radius 2 is 2.21 bits per heavy atom. The van der Waals surface area contributed by atoms with Crippen molar-refractivity contribution in [3.8, 4) is 0 Å². The van der Waals surface area contributed by atoms with Gasteiger partial charge in [0.05, 0.1) is 6.04 Å². The monoisotopic (exact) mass is 324 g/mol. The van der Waals surface area contributed by atoms with Crippen molar-refractivity contribution in [1.29, 1.82) is 0 Å². The van der Waals surface area contributed by atoms with Crippen LogP contribution in [-0.2, 0) is 0 Å². The first-order valence-corrected chi connectivity index (χ1v) is 7.41. The number of rotatable bonds is 2. The lowest BCUT2D eigenvalue weighted by Gasteiger charge is -2.39. The quantitative estimate of drug-likeness (QED) is 0.779. The fourth-order valence-corrected chi connectivity index (χ4v) is 3.45. The summed E-state index contributed by atoms with van der Waals surface area (Å²) in [5.74, 6) is 0.940. The zero-order valence-electron chi connectivity index (χ0n) is 10.7. The number of anilines is 1. The predicted octanol–water partition coefficient (Wildman–Crippen LogP) is 3.60. The van der Waals surface area contributed by atoms with Crippen molar-refractivity contribution >= 4 is 27.7 Å². The summed E-state index contributed by atoms with van der Waals surface area (Å²) >= 11 is 3.46. The van der Waals surface area contributed by atoms with E-state index in [0.717, 1.165) is 15.7 Å². The van der Waals surface area contributed by atoms with Gasteiger partial charge in [0, 0.05) is 22.1 Å². The van der Waals surface area contributed by atoms with Gasteiger partial charge in [0.15, 0.2) is 0 Å². The third-order valence-corrected chi connectivity index (χ3v) is 4.67. The lowest BCUT2D eigenvalue weighted by Crippen LogP contribution is -2.44. The molecule has 0 spiro atoms. The highest BCUT2D eigenvalue weighted by Crippen LogP contribution is 2.46. The van der Waals surface area contributed by atoms with E-state index in [-0.39, 0.29) is 12.0 Å². The van der Waals surface area contributed by atoms with Gasteiger partial charge in [-0.3, -0.25) is 0 Å². The van der Waals surface area contributed by atoms with Crippen LogP contribution in [0.25, 0.3) is 0 Å². The van der Waals surface area contributed by atoms with Crippen LogP contribution >= 0.6 is 15.9 Å². The number of halogens is 1. The van der Waals surface area contributed by atoms with Crippen LogP contribution in [0.1, 0.15) is 31.4 Å². The molecule has 0 unspecified atom stereocenters. The Kier molecular flexibility index (Phi) is 3.17. The number of amides is 1. The Hall–Kier alpha value is -1.23. The van der Waals surface area contributed by atoms with Gasteiger partial charge < -0.3 is 15.7 Å². The van der Waals surface area contributed by atoms with Gasteiger partial charge in [0.1, 0.15) is 0 Å². The van der Waals surface area contributed by atoms with Crippen molar-refractivity contribution in [2.45, 2.75) is 31.8 Å². The van der Waals surface area contributed by atoms with E-state index < -0.39 is 6.09 Å². The second-order valence-corrected chi connectivity index (χ2v) is 6.44. The number of fused-ring (bicyclic) bond motifs is 1. The molecule has 0 radical (unpaired) electrons. The number of benzene rings is 1. The van der Waals surface area contributed by atoms with E-state index in [1.54, 1.807) is 0 Å². The SMILES string of the molecule is C[C@@H]1[C@@H](NC(=O)O)c2cc(Br)ccc2N[C@H]1C1CC1. The van der Waals surface area contributed by atoms with Crippen LogP contribution in [0.4, 0.5) is 10.5 Å². The lowest BCUT2D eigenvalue weighted by molar-refractivity contribution is 0.181. The van der Waals surface area contributed by atoms with Gasteiger partial charge in [-0.25, -0.2) is 4.79 Å². The minimum absolute atomic E-state index is 0.142. The van der Waals surface area contributed by atoms with Crippen LogP contribution in [0.5, 0.6) is 0 Å². The average molecular weight is 325 g/mol. The number of hydrogen-bond acceptors (Lipinski definition) is 2. The summed E-state index contributed by atoms with van der Waals surface area (Å²) in [5.41, 5.74) is 2.08. The van der Waals surface area contributed by atoms with Crippen molar-refractivity contribution in [2.24, 2.45) is 11.8 Å². The molecule has 4 nitrogen and oxygen atoms in total. The zero-order chi connectivity index (χ0) is 13.6. The molecule has 1 fully saturated rings. The Morgan fingerprint density at radius 3 is 2.84 bits per heavy atom. The molecule has 3 N–H and O–H groups in total. The first kappa shape index (κ1) is 12.8. The number of nitrogens with one attached hydrogen (secondary N) is 2. The maximum atomic E-state index is 11.1. The van der Waals surface area contributed by atoms with Gasteiger partial charge >= 0.3 is 6.09 Å². The molecule has 3 rings (SSSR count). The van der Waals surface area contributed by atoms with Crippen LogP contribution in [0.2, 0.25) is 0 Å². The molecule has 1 heterocycles. The fraction of sp³-hybridized carbons (Fsp3) is 0.500. The van der Waals surface area contributed by atoms with Gasteiger partial charge in [-0.15, -0.1) is 0 Å². The summed E-state index contributed by atoms with van der Waals surface area (Å²) in [6, 6.07) is 6.24. The van der Waals surface area contributed by atoms with E-state index in [9.17, 15) is 4.79 Å². The molecule has 1 aromatic rings.